The van der Waals surface area contributed by atoms with Crippen molar-refractivity contribution in [1.29, 1.82) is 5.26 Å². The van der Waals surface area contributed by atoms with E-state index in [1.807, 2.05) is 19.9 Å². The normalized spacial score (nSPS) is 16.6. The molecular weight excluding hydrogens is 176 g/mol. The summed E-state index contributed by atoms with van der Waals surface area (Å²) in [5.74, 6) is 0.723. The minimum absolute atomic E-state index is 0.00981. The lowest BCUT2D eigenvalue weighted by Gasteiger charge is -2.29. The van der Waals surface area contributed by atoms with E-state index in [4.69, 9.17) is 5.26 Å². The molecule has 0 aromatic rings. The number of hydrogen-bond donors (Lipinski definition) is 0. The SMILES string of the molecule is CC.CC1CCN(C(=O)CC#N)CC1. The Morgan fingerprint density at radius 2 is 1.93 bits per heavy atom. The van der Waals surface area contributed by atoms with Crippen LogP contribution in [0.15, 0.2) is 0 Å². The third-order valence-corrected chi connectivity index (χ3v) is 2.37. The van der Waals surface area contributed by atoms with Crippen molar-refractivity contribution in [3.8, 4) is 6.07 Å². The number of carbonyl (C=O) groups excluding carboxylic acids is 1. The molecule has 1 fully saturated rings. The zero-order valence-corrected chi connectivity index (χ0v) is 9.42. The summed E-state index contributed by atoms with van der Waals surface area (Å²) in [4.78, 5) is 13.0. The van der Waals surface area contributed by atoms with Gasteiger partial charge in [-0.05, 0) is 18.8 Å². The molecule has 1 aliphatic heterocycles. The minimum Gasteiger partial charge on any atom is -0.342 e. The molecule has 1 amide bonds. The number of hydrogen-bond acceptors (Lipinski definition) is 2. The average Bonchev–Trinajstić information content (AvgIpc) is 2.22. The van der Waals surface area contributed by atoms with E-state index in [2.05, 4.69) is 6.92 Å². The minimum atomic E-state index is -0.00981. The van der Waals surface area contributed by atoms with E-state index in [1.54, 1.807) is 4.90 Å². The van der Waals surface area contributed by atoms with E-state index >= 15 is 0 Å². The third kappa shape index (κ3) is 4.27. The summed E-state index contributed by atoms with van der Waals surface area (Å²) in [5.41, 5.74) is 0. The zero-order valence-electron chi connectivity index (χ0n) is 9.42. The summed E-state index contributed by atoms with van der Waals surface area (Å²) in [6, 6.07) is 1.88. The molecular formula is C11H20N2O. The fraction of sp³-hybridized carbons (Fsp3) is 0.818. The number of likely N-dealkylation sites (tertiary alicyclic amines) is 1. The van der Waals surface area contributed by atoms with Crippen LogP contribution in [0.3, 0.4) is 0 Å². The standard InChI is InChI=1S/C9H14N2O.C2H6/c1-8-3-6-11(7-4-8)9(12)2-5-10;1-2/h8H,2-4,6-7H2,1H3;1-2H3. The van der Waals surface area contributed by atoms with Crippen molar-refractivity contribution in [1.82, 2.24) is 4.90 Å². The van der Waals surface area contributed by atoms with E-state index in [-0.39, 0.29) is 12.3 Å². The Bertz CT molecular complexity index is 200. The first-order valence-corrected chi connectivity index (χ1v) is 5.38. The van der Waals surface area contributed by atoms with Gasteiger partial charge in [-0.1, -0.05) is 20.8 Å². The van der Waals surface area contributed by atoms with Crippen LogP contribution in [0.2, 0.25) is 0 Å². The zero-order chi connectivity index (χ0) is 11.0. The maximum absolute atomic E-state index is 11.2. The van der Waals surface area contributed by atoms with Crippen LogP contribution in [-0.2, 0) is 4.79 Å². The van der Waals surface area contributed by atoms with Crippen molar-refractivity contribution in [2.75, 3.05) is 13.1 Å². The van der Waals surface area contributed by atoms with Crippen LogP contribution < -0.4 is 0 Å². The Morgan fingerprint density at radius 3 is 2.36 bits per heavy atom. The molecule has 0 spiro atoms. The van der Waals surface area contributed by atoms with Gasteiger partial charge < -0.3 is 4.90 Å². The Labute approximate surface area is 86.7 Å². The predicted molar refractivity (Wildman–Crippen MR) is 56.6 cm³/mol. The lowest BCUT2D eigenvalue weighted by molar-refractivity contribution is -0.131. The van der Waals surface area contributed by atoms with Crippen molar-refractivity contribution >= 4 is 5.91 Å². The number of amides is 1. The van der Waals surface area contributed by atoms with Gasteiger partial charge in [-0.15, -0.1) is 0 Å². The molecule has 0 aromatic carbocycles. The molecule has 1 heterocycles. The van der Waals surface area contributed by atoms with Crippen molar-refractivity contribution in [2.45, 2.75) is 40.0 Å². The molecule has 0 aliphatic carbocycles. The Hall–Kier alpha value is -1.04. The lowest BCUT2D eigenvalue weighted by atomic mass is 9.99. The summed E-state index contributed by atoms with van der Waals surface area (Å²) < 4.78 is 0. The second-order valence-electron chi connectivity index (χ2n) is 3.40. The van der Waals surface area contributed by atoms with Gasteiger partial charge >= 0.3 is 0 Å². The second kappa shape index (κ2) is 7.37. The van der Waals surface area contributed by atoms with E-state index < -0.39 is 0 Å². The van der Waals surface area contributed by atoms with Crippen molar-refractivity contribution in [3.05, 3.63) is 0 Å². The van der Waals surface area contributed by atoms with Crippen molar-refractivity contribution in [2.24, 2.45) is 5.92 Å². The van der Waals surface area contributed by atoms with Gasteiger partial charge in [0, 0.05) is 13.1 Å². The Balaban J connectivity index is 0.000000791. The van der Waals surface area contributed by atoms with Crippen molar-refractivity contribution < 1.29 is 4.79 Å². The largest absolute Gasteiger partial charge is 0.342 e. The molecule has 0 radical (unpaired) electrons. The summed E-state index contributed by atoms with van der Waals surface area (Å²) in [7, 11) is 0. The Kier molecular flexibility index (Phi) is 6.82. The van der Waals surface area contributed by atoms with Crippen LogP contribution in [0.25, 0.3) is 0 Å². The molecule has 1 rings (SSSR count). The van der Waals surface area contributed by atoms with Crippen LogP contribution in [0.5, 0.6) is 0 Å². The molecule has 0 bridgehead atoms. The monoisotopic (exact) mass is 196 g/mol. The summed E-state index contributed by atoms with van der Waals surface area (Å²) in [6.07, 6.45) is 2.20. The lowest BCUT2D eigenvalue weighted by Crippen LogP contribution is -2.37. The highest BCUT2D eigenvalue weighted by Crippen LogP contribution is 2.16. The highest BCUT2D eigenvalue weighted by Gasteiger charge is 2.19. The fourth-order valence-electron chi connectivity index (χ4n) is 1.44. The maximum Gasteiger partial charge on any atom is 0.236 e. The summed E-state index contributed by atoms with van der Waals surface area (Å²) in [5, 5.41) is 8.32. The van der Waals surface area contributed by atoms with Gasteiger partial charge in [-0.2, -0.15) is 5.26 Å². The molecule has 1 saturated heterocycles. The average molecular weight is 196 g/mol. The number of nitriles is 1. The van der Waals surface area contributed by atoms with Gasteiger partial charge in [0.15, 0.2) is 0 Å². The van der Waals surface area contributed by atoms with Crippen LogP contribution in [-0.4, -0.2) is 23.9 Å². The quantitative estimate of drug-likeness (QED) is 0.645. The molecule has 3 heteroatoms. The van der Waals surface area contributed by atoms with Gasteiger partial charge in [0.2, 0.25) is 5.91 Å². The molecule has 0 atom stereocenters. The molecule has 1 aliphatic rings. The highest BCUT2D eigenvalue weighted by molar-refractivity contribution is 5.78. The second-order valence-corrected chi connectivity index (χ2v) is 3.40. The Morgan fingerprint density at radius 1 is 1.43 bits per heavy atom. The number of piperidine rings is 1. The van der Waals surface area contributed by atoms with Gasteiger partial charge in [-0.3, -0.25) is 4.79 Å². The van der Waals surface area contributed by atoms with Crippen molar-refractivity contribution in [3.63, 3.8) is 0 Å². The van der Waals surface area contributed by atoms with Gasteiger partial charge in [0.1, 0.15) is 6.42 Å². The van der Waals surface area contributed by atoms with E-state index in [1.165, 1.54) is 0 Å². The molecule has 14 heavy (non-hydrogen) atoms. The van der Waals surface area contributed by atoms with Crippen LogP contribution in [0.4, 0.5) is 0 Å². The molecule has 0 saturated carbocycles. The van der Waals surface area contributed by atoms with E-state index in [0.717, 1.165) is 31.8 Å². The predicted octanol–water partition coefficient (Wildman–Crippen LogP) is 2.18. The van der Waals surface area contributed by atoms with Gasteiger partial charge in [0.05, 0.1) is 6.07 Å². The molecule has 0 aromatic heterocycles. The van der Waals surface area contributed by atoms with E-state index in [9.17, 15) is 4.79 Å². The summed E-state index contributed by atoms with van der Waals surface area (Å²) >= 11 is 0. The first-order valence-electron chi connectivity index (χ1n) is 5.38. The first kappa shape index (κ1) is 13.0. The topological polar surface area (TPSA) is 44.1 Å². The number of carbonyl (C=O) groups is 1. The van der Waals surface area contributed by atoms with Crippen LogP contribution >= 0.6 is 0 Å². The first-order chi connectivity index (χ1) is 6.74. The molecule has 0 unspecified atom stereocenters. The maximum atomic E-state index is 11.2. The molecule has 3 nitrogen and oxygen atoms in total. The van der Waals surface area contributed by atoms with Crippen LogP contribution in [0, 0.1) is 17.2 Å². The van der Waals surface area contributed by atoms with Gasteiger partial charge in [0.25, 0.3) is 0 Å². The van der Waals surface area contributed by atoms with Crippen LogP contribution in [0.1, 0.15) is 40.0 Å². The smallest absolute Gasteiger partial charge is 0.236 e. The fourth-order valence-corrected chi connectivity index (χ4v) is 1.44. The van der Waals surface area contributed by atoms with Gasteiger partial charge in [-0.25, -0.2) is 0 Å². The number of nitrogens with zero attached hydrogens (tertiary/aromatic N) is 2. The third-order valence-electron chi connectivity index (χ3n) is 2.37. The molecule has 80 valence electrons. The van der Waals surface area contributed by atoms with E-state index in [0.29, 0.717) is 0 Å². The highest BCUT2D eigenvalue weighted by atomic mass is 16.2. The summed E-state index contributed by atoms with van der Waals surface area (Å²) in [6.45, 7) is 7.87. The molecule has 0 N–H and O–H groups in total. The number of rotatable bonds is 1.